The topological polar surface area (TPSA) is 62.3 Å². The van der Waals surface area contributed by atoms with Gasteiger partial charge in [0.05, 0.1) is 24.8 Å². The minimum Gasteiger partial charge on any atom is -0.297 e. The van der Waals surface area contributed by atoms with Gasteiger partial charge in [0, 0.05) is 4.88 Å². The fourth-order valence-corrected chi connectivity index (χ4v) is 2.85. The Morgan fingerprint density at radius 2 is 2.17 bits per heavy atom. The summed E-state index contributed by atoms with van der Waals surface area (Å²) >= 11 is 1.54. The molecule has 1 atom stereocenters. The van der Waals surface area contributed by atoms with Gasteiger partial charge in [-0.1, -0.05) is 6.92 Å². The van der Waals surface area contributed by atoms with Crippen LogP contribution in [0.3, 0.4) is 0 Å². The zero-order chi connectivity index (χ0) is 13.3. The molecule has 1 aliphatic rings. The third kappa shape index (κ3) is 2.44. The Bertz CT molecular complexity index is 464. The number of carbonyl (C=O) groups is 2. The normalized spacial score (nSPS) is 20.6. The summed E-state index contributed by atoms with van der Waals surface area (Å²) in [5, 5.41) is 3.77. The minimum absolute atomic E-state index is 0.140. The van der Waals surface area contributed by atoms with Crippen LogP contribution in [0.4, 0.5) is 0 Å². The number of nitrogens with zero attached hydrogens (tertiary/aromatic N) is 2. The van der Waals surface area contributed by atoms with Crippen molar-refractivity contribution in [3.05, 3.63) is 15.6 Å². The molecule has 5 nitrogen and oxygen atoms in total. The van der Waals surface area contributed by atoms with E-state index in [1.165, 1.54) is 4.90 Å². The molecule has 0 radical (unpaired) electrons. The standard InChI is InChI=1S/C12H17N3O2S/c1-4-9-12(17)15(11(16)5-13-9)6-10-14-7(2)8(3)18-10/h9,13H,4-6H2,1-3H3. The summed E-state index contributed by atoms with van der Waals surface area (Å²) in [4.78, 5) is 30.7. The molecular formula is C12H17N3O2S. The van der Waals surface area contributed by atoms with Gasteiger partial charge in [0.2, 0.25) is 11.8 Å². The number of hydrogen-bond acceptors (Lipinski definition) is 5. The van der Waals surface area contributed by atoms with Crippen LogP contribution in [0.1, 0.15) is 28.9 Å². The first-order valence-corrected chi connectivity index (χ1v) is 6.85. The molecule has 1 N–H and O–H groups in total. The second kappa shape index (κ2) is 5.16. The number of carbonyl (C=O) groups excluding carboxylic acids is 2. The highest BCUT2D eigenvalue weighted by molar-refractivity contribution is 7.11. The molecule has 1 unspecified atom stereocenters. The summed E-state index contributed by atoms with van der Waals surface area (Å²) in [5.74, 6) is -0.311. The summed E-state index contributed by atoms with van der Waals surface area (Å²) in [6.07, 6.45) is 0.693. The maximum absolute atomic E-state index is 12.1. The zero-order valence-corrected chi connectivity index (χ0v) is 11.6. The first kappa shape index (κ1) is 13.2. The molecule has 2 amide bonds. The van der Waals surface area contributed by atoms with E-state index in [0.717, 1.165) is 15.6 Å². The summed E-state index contributed by atoms with van der Waals surface area (Å²) in [6.45, 7) is 6.39. The highest BCUT2D eigenvalue weighted by atomic mass is 32.1. The number of amides is 2. The summed E-state index contributed by atoms with van der Waals surface area (Å²) in [7, 11) is 0. The zero-order valence-electron chi connectivity index (χ0n) is 10.8. The number of aromatic nitrogens is 1. The predicted octanol–water partition coefficient (Wildman–Crippen LogP) is 0.997. The van der Waals surface area contributed by atoms with Gasteiger partial charge in [-0.05, 0) is 20.3 Å². The predicted molar refractivity (Wildman–Crippen MR) is 69.2 cm³/mol. The van der Waals surface area contributed by atoms with E-state index < -0.39 is 0 Å². The third-order valence-electron chi connectivity index (χ3n) is 3.14. The molecule has 1 saturated heterocycles. The van der Waals surface area contributed by atoms with Gasteiger partial charge in [0.25, 0.3) is 0 Å². The van der Waals surface area contributed by atoms with Crippen molar-refractivity contribution in [2.75, 3.05) is 6.54 Å². The van der Waals surface area contributed by atoms with Crippen LogP contribution >= 0.6 is 11.3 Å². The van der Waals surface area contributed by atoms with E-state index in [2.05, 4.69) is 10.3 Å². The molecule has 0 spiro atoms. The SMILES string of the molecule is CCC1NCC(=O)N(Cc2nc(C)c(C)s2)C1=O. The number of imide groups is 1. The van der Waals surface area contributed by atoms with Gasteiger partial charge >= 0.3 is 0 Å². The second-order valence-electron chi connectivity index (χ2n) is 4.41. The van der Waals surface area contributed by atoms with Crippen molar-refractivity contribution in [2.24, 2.45) is 0 Å². The van der Waals surface area contributed by atoms with Crippen molar-refractivity contribution in [3.8, 4) is 0 Å². The van der Waals surface area contributed by atoms with Gasteiger partial charge < -0.3 is 0 Å². The van der Waals surface area contributed by atoms with E-state index in [0.29, 0.717) is 13.0 Å². The molecule has 1 aromatic heterocycles. The Morgan fingerprint density at radius 3 is 2.72 bits per heavy atom. The fraction of sp³-hybridized carbons (Fsp3) is 0.583. The van der Waals surface area contributed by atoms with Crippen LogP contribution < -0.4 is 5.32 Å². The van der Waals surface area contributed by atoms with Gasteiger partial charge in [-0.25, -0.2) is 4.98 Å². The van der Waals surface area contributed by atoms with E-state index in [1.54, 1.807) is 11.3 Å². The second-order valence-corrected chi connectivity index (χ2v) is 5.70. The Labute approximate surface area is 110 Å². The largest absolute Gasteiger partial charge is 0.297 e. The van der Waals surface area contributed by atoms with E-state index in [1.807, 2.05) is 20.8 Å². The molecule has 0 aliphatic carbocycles. The number of piperazine rings is 1. The number of thiazole rings is 1. The monoisotopic (exact) mass is 267 g/mol. The summed E-state index contributed by atoms with van der Waals surface area (Å²) in [5.41, 5.74) is 0.970. The van der Waals surface area contributed by atoms with Crippen molar-refractivity contribution in [3.63, 3.8) is 0 Å². The fourth-order valence-electron chi connectivity index (χ4n) is 1.93. The highest BCUT2D eigenvalue weighted by Gasteiger charge is 2.33. The Morgan fingerprint density at radius 1 is 1.44 bits per heavy atom. The van der Waals surface area contributed by atoms with Crippen LogP contribution in [-0.4, -0.2) is 34.3 Å². The lowest BCUT2D eigenvalue weighted by Crippen LogP contribution is -2.57. The van der Waals surface area contributed by atoms with E-state index in [-0.39, 0.29) is 24.4 Å². The molecule has 98 valence electrons. The van der Waals surface area contributed by atoms with Crippen molar-refractivity contribution >= 4 is 23.2 Å². The first-order chi connectivity index (χ1) is 8.52. The van der Waals surface area contributed by atoms with Gasteiger partial charge in [0.1, 0.15) is 5.01 Å². The molecule has 1 aromatic rings. The molecule has 0 bridgehead atoms. The van der Waals surface area contributed by atoms with Crippen LogP contribution in [0.15, 0.2) is 0 Å². The first-order valence-electron chi connectivity index (χ1n) is 6.03. The average Bonchev–Trinajstić information content (AvgIpc) is 2.64. The van der Waals surface area contributed by atoms with Crippen LogP contribution in [-0.2, 0) is 16.1 Å². The van der Waals surface area contributed by atoms with Crippen LogP contribution in [0.5, 0.6) is 0 Å². The molecule has 0 aromatic carbocycles. The number of aryl methyl sites for hydroxylation is 2. The average molecular weight is 267 g/mol. The van der Waals surface area contributed by atoms with E-state index in [4.69, 9.17) is 0 Å². The minimum atomic E-state index is -0.246. The molecule has 2 rings (SSSR count). The van der Waals surface area contributed by atoms with Crippen molar-refractivity contribution in [1.29, 1.82) is 0 Å². The molecule has 6 heteroatoms. The number of hydrogen-bond donors (Lipinski definition) is 1. The van der Waals surface area contributed by atoms with Crippen molar-refractivity contribution < 1.29 is 9.59 Å². The number of rotatable bonds is 3. The van der Waals surface area contributed by atoms with E-state index >= 15 is 0 Å². The maximum atomic E-state index is 12.1. The molecule has 1 aliphatic heterocycles. The lowest BCUT2D eigenvalue weighted by atomic mass is 10.1. The van der Waals surface area contributed by atoms with Crippen LogP contribution in [0.25, 0.3) is 0 Å². The summed E-state index contributed by atoms with van der Waals surface area (Å²) < 4.78 is 0. The Hall–Kier alpha value is -1.27. The number of nitrogens with one attached hydrogen (secondary N) is 1. The lowest BCUT2D eigenvalue weighted by molar-refractivity contribution is -0.150. The lowest BCUT2D eigenvalue weighted by Gasteiger charge is -2.30. The van der Waals surface area contributed by atoms with Gasteiger partial charge in [-0.15, -0.1) is 11.3 Å². The van der Waals surface area contributed by atoms with E-state index in [9.17, 15) is 9.59 Å². The van der Waals surface area contributed by atoms with Crippen molar-refractivity contribution in [2.45, 2.75) is 39.8 Å². The smallest absolute Gasteiger partial charge is 0.246 e. The highest BCUT2D eigenvalue weighted by Crippen LogP contribution is 2.19. The quantitative estimate of drug-likeness (QED) is 0.830. The molecule has 18 heavy (non-hydrogen) atoms. The van der Waals surface area contributed by atoms with Crippen LogP contribution in [0.2, 0.25) is 0 Å². The molecule has 0 saturated carbocycles. The third-order valence-corrected chi connectivity index (χ3v) is 4.20. The summed E-state index contributed by atoms with van der Waals surface area (Å²) in [6, 6.07) is -0.246. The van der Waals surface area contributed by atoms with Crippen LogP contribution in [0, 0.1) is 13.8 Å². The van der Waals surface area contributed by atoms with Gasteiger partial charge in [-0.2, -0.15) is 0 Å². The van der Waals surface area contributed by atoms with Gasteiger partial charge in [0.15, 0.2) is 0 Å². The Kier molecular flexibility index (Phi) is 3.77. The molecule has 1 fully saturated rings. The van der Waals surface area contributed by atoms with Crippen molar-refractivity contribution in [1.82, 2.24) is 15.2 Å². The molecule has 2 heterocycles. The maximum Gasteiger partial charge on any atom is 0.246 e. The molecular weight excluding hydrogens is 250 g/mol. The van der Waals surface area contributed by atoms with Gasteiger partial charge in [-0.3, -0.25) is 19.8 Å². The Balaban J connectivity index is 2.15.